The number of rotatable bonds is 14. The van der Waals surface area contributed by atoms with Crippen molar-refractivity contribution in [3.8, 4) is 0 Å². The third kappa shape index (κ3) is 8.49. The maximum atomic E-state index is 11.3. The number of ether oxygens (including phenoxy) is 1. The highest BCUT2D eigenvalue weighted by atomic mass is 28.4. The largest absolute Gasteiger partial charge is 0.407 e. The highest BCUT2D eigenvalue weighted by Crippen LogP contribution is 2.37. The third-order valence-electron chi connectivity index (χ3n) is 8.12. The second kappa shape index (κ2) is 15.1. The van der Waals surface area contributed by atoms with Crippen molar-refractivity contribution in [2.45, 2.75) is 72.3 Å². The van der Waals surface area contributed by atoms with Gasteiger partial charge in [0.15, 0.2) is 0 Å². The molecule has 3 aromatic carbocycles. The fourth-order valence-corrected chi connectivity index (χ4v) is 10.4. The summed E-state index contributed by atoms with van der Waals surface area (Å²) < 4.78 is 12.9. The van der Waals surface area contributed by atoms with E-state index < -0.39 is 20.5 Å². The molecule has 3 rings (SSSR count). The van der Waals surface area contributed by atoms with E-state index in [4.69, 9.17) is 9.16 Å². The molecule has 1 unspecified atom stereocenters. The van der Waals surface area contributed by atoms with Crippen LogP contribution >= 0.6 is 0 Å². The lowest BCUT2D eigenvalue weighted by Crippen LogP contribution is -2.67. The summed E-state index contributed by atoms with van der Waals surface area (Å²) in [5, 5.41) is 24.6. The van der Waals surface area contributed by atoms with Gasteiger partial charge in [-0.05, 0) is 33.5 Å². The SMILES string of the molecule is C/C(=C\[C@@H](C)[C@H](O)[C@H](C)COCc1ccccc1)C(O)[C@@H](C)CO[Si](c1ccccc1)(c1ccccc1)C(C)(C)C. The first-order valence-corrected chi connectivity index (χ1v) is 16.8. The van der Waals surface area contributed by atoms with Crippen LogP contribution in [0.5, 0.6) is 0 Å². The average molecular weight is 575 g/mol. The minimum absolute atomic E-state index is 0.0363. The Hall–Kier alpha value is -2.54. The van der Waals surface area contributed by atoms with Crippen molar-refractivity contribution < 1.29 is 19.4 Å². The van der Waals surface area contributed by atoms with E-state index in [9.17, 15) is 10.2 Å². The van der Waals surface area contributed by atoms with Crippen LogP contribution in [-0.4, -0.2) is 44.0 Å². The molecule has 3 aromatic rings. The molecule has 5 heteroatoms. The Morgan fingerprint density at radius 1 is 0.756 bits per heavy atom. The first-order chi connectivity index (χ1) is 19.5. The molecular weight excluding hydrogens is 524 g/mol. The van der Waals surface area contributed by atoms with E-state index in [1.165, 1.54) is 10.4 Å². The Morgan fingerprint density at radius 3 is 1.73 bits per heavy atom. The molecule has 0 amide bonds. The smallest absolute Gasteiger partial charge is 0.261 e. The van der Waals surface area contributed by atoms with E-state index in [1.54, 1.807) is 0 Å². The van der Waals surface area contributed by atoms with Crippen molar-refractivity contribution in [2.24, 2.45) is 17.8 Å². The number of benzene rings is 3. The predicted octanol–water partition coefficient (Wildman–Crippen LogP) is 6.36. The maximum Gasteiger partial charge on any atom is 0.261 e. The van der Waals surface area contributed by atoms with Crippen molar-refractivity contribution in [2.75, 3.05) is 13.2 Å². The zero-order valence-corrected chi connectivity index (χ0v) is 27.0. The molecule has 4 nitrogen and oxygen atoms in total. The summed E-state index contributed by atoms with van der Waals surface area (Å²) in [5.74, 6) is -0.278. The Kier molecular flexibility index (Phi) is 12.1. The molecule has 0 saturated carbocycles. The van der Waals surface area contributed by atoms with Gasteiger partial charge >= 0.3 is 0 Å². The third-order valence-corrected chi connectivity index (χ3v) is 13.1. The predicted molar refractivity (Wildman–Crippen MR) is 173 cm³/mol. The Bertz CT molecular complexity index is 1150. The van der Waals surface area contributed by atoms with Gasteiger partial charge in [0.05, 0.1) is 25.4 Å². The Morgan fingerprint density at radius 2 is 1.24 bits per heavy atom. The van der Waals surface area contributed by atoms with Gasteiger partial charge in [-0.25, -0.2) is 0 Å². The molecule has 0 heterocycles. The van der Waals surface area contributed by atoms with Gasteiger partial charge in [0, 0.05) is 24.4 Å². The first kappa shape index (κ1) is 33.0. The molecule has 0 aliphatic carbocycles. The van der Waals surface area contributed by atoms with Crippen LogP contribution in [0.3, 0.4) is 0 Å². The van der Waals surface area contributed by atoms with E-state index in [2.05, 4.69) is 69.3 Å². The summed E-state index contributed by atoms with van der Waals surface area (Å²) in [6.07, 6.45) is 0.756. The van der Waals surface area contributed by atoms with Gasteiger partial charge in [-0.2, -0.15) is 0 Å². The van der Waals surface area contributed by atoms with Crippen LogP contribution < -0.4 is 10.4 Å². The van der Waals surface area contributed by atoms with Crippen LogP contribution in [0.15, 0.2) is 103 Å². The molecule has 0 aliphatic heterocycles. The lowest BCUT2D eigenvalue weighted by Gasteiger charge is -2.43. The topological polar surface area (TPSA) is 58.9 Å². The van der Waals surface area contributed by atoms with Gasteiger partial charge in [-0.15, -0.1) is 0 Å². The maximum absolute atomic E-state index is 11.3. The Balaban J connectivity index is 1.68. The van der Waals surface area contributed by atoms with Gasteiger partial charge in [0.1, 0.15) is 0 Å². The summed E-state index contributed by atoms with van der Waals surface area (Å²) in [4.78, 5) is 0. The minimum Gasteiger partial charge on any atom is -0.407 e. The summed E-state index contributed by atoms with van der Waals surface area (Å²) >= 11 is 0. The van der Waals surface area contributed by atoms with Crippen LogP contribution in [0.4, 0.5) is 0 Å². The molecule has 0 saturated heterocycles. The number of aliphatic hydroxyl groups is 2. The molecule has 0 aromatic heterocycles. The zero-order chi connectivity index (χ0) is 30.0. The second-order valence-electron chi connectivity index (χ2n) is 12.6. The highest BCUT2D eigenvalue weighted by molar-refractivity contribution is 6.99. The fourth-order valence-electron chi connectivity index (χ4n) is 5.72. The second-order valence-corrected chi connectivity index (χ2v) is 16.9. The lowest BCUT2D eigenvalue weighted by atomic mass is 9.90. The monoisotopic (exact) mass is 574 g/mol. The van der Waals surface area contributed by atoms with Gasteiger partial charge in [0.2, 0.25) is 0 Å². The fraction of sp³-hybridized carbons (Fsp3) is 0.444. The van der Waals surface area contributed by atoms with Crippen LogP contribution in [0, 0.1) is 17.8 Å². The number of hydrogen-bond acceptors (Lipinski definition) is 4. The zero-order valence-electron chi connectivity index (χ0n) is 26.0. The minimum atomic E-state index is -2.68. The Labute approximate surface area is 249 Å². The molecule has 0 bridgehead atoms. The van der Waals surface area contributed by atoms with Gasteiger partial charge in [-0.1, -0.05) is 139 Å². The molecule has 0 spiro atoms. The van der Waals surface area contributed by atoms with Gasteiger partial charge < -0.3 is 19.4 Å². The van der Waals surface area contributed by atoms with E-state index >= 15 is 0 Å². The lowest BCUT2D eigenvalue weighted by molar-refractivity contribution is 0.0128. The van der Waals surface area contributed by atoms with Crippen molar-refractivity contribution in [3.05, 3.63) is 108 Å². The normalized spacial score (nSPS) is 16.6. The van der Waals surface area contributed by atoms with Crippen molar-refractivity contribution in [1.29, 1.82) is 0 Å². The molecule has 41 heavy (non-hydrogen) atoms. The average Bonchev–Trinajstić information content (AvgIpc) is 2.97. The van der Waals surface area contributed by atoms with Crippen LogP contribution in [0.25, 0.3) is 0 Å². The summed E-state index contributed by atoms with van der Waals surface area (Å²) in [6, 6.07) is 31.2. The van der Waals surface area contributed by atoms with Crippen LogP contribution in [0.2, 0.25) is 5.04 Å². The quantitative estimate of drug-likeness (QED) is 0.174. The number of aliphatic hydroxyl groups excluding tert-OH is 2. The molecule has 5 atom stereocenters. The molecule has 0 radical (unpaired) electrons. The molecular formula is C36H50O4Si. The van der Waals surface area contributed by atoms with Crippen LogP contribution in [0.1, 0.15) is 54.0 Å². The van der Waals surface area contributed by atoms with E-state index in [1.807, 2.05) is 76.2 Å². The van der Waals surface area contributed by atoms with Crippen molar-refractivity contribution in [3.63, 3.8) is 0 Å². The number of hydrogen-bond donors (Lipinski definition) is 2. The van der Waals surface area contributed by atoms with E-state index in [0.29, 0.717) is 19.8 Å². The van der Waals surface area contributed by atoms with Crippen molar-refractivity contribution in [1.82, 2.24) is 0 Å². The van der Waals surface area contributed by atoms with Crippen LogP contribution in [-0.2, 0) is 15.8 Å². The van der Waals surface area contributed by atoms with Crippen molar-refractivity contribution >= 4 is 18.7 Å². The van der Waals surface area contributed by atoms with E-state index in [0.717, 1.165) is 11.1 Å². The summed E-state index contributed by atoms with van der Waals surface area (Å²) in [5.41, 5.74) is 1.97. The first-order valence-electron chi connectivity index (χ1n) is 14.9. The summed E-state index contributed by atoms with van der Waals surface area (Å²) in [6.45, 7) is 16.2. The molecule has 0 aliphatic rings. The standard InChI is InChI=1S/C36H50O4Si/c1-27(34(37)29(3)24-39-26-31-17-11-8-12-18-31)23-28(2)35(38)30(4)25-40-41(36(5,6)7,32-19-13-9-14-20-32)33-21-15-10-16-22-33/h8-23,27,29-30,34-35,37-38H,24-26H2,1-7H3/b28-23+/t27-,29-,30+,34+,35?/m1/s1. The molecule has 0 fully saturated rings. The molecule has 222 valence electrons. The highest BCUT2D eigenvalue weighted by Gasteiger charge is 2.50. The summed E-state index contributed by atoms with van der Waals surface area (Å²) in [7, 11) is -2.68. The van der Waals surface area contributed by atoms with Gasteiger partial charge in [-0.3, -0.25) is 0 Å². The van der Waals surface area contributed by atoms with E-state index in [-0.39, 0.29) is 22.8 Å². The van der Waals surface area contributed by atoms with Gasteiger partial charge in [0.25, 0.3) is 8.32 Å². The molecule has 2 N–H and O–H groups in total.